The van der Waals surface area contributed by atoms with Crippen LogP contribution in [-0.2, 0) is 14.8 Å². The highest BCUT2D eigenvalue weighted by molar-refractivity contribution is 7.89. The summed E-state index contributed by atoms with van der Waals surface area (Å²) in [4.78, 5) is 2.26. The Balaban J connectivity index is 1.88. The van der Waals surface area contributed by atoms with Crippen molar-refractivity contribution in [2.24, 2.45) is 0 Å². The molecule has 0 bridgehead atoms. The van der Waals surface area contributed by atoms with Gasteiger partial charge in [0.1, 0.15) is 0 Å². The van der Waals surface area contributed by atoms with Gasteiger partial charge in [-0.15, -0.1) is 0 Å². The fourth-order valence-corrected chi connectivity index (χ4v) is 4.55. The number of sulfonamides is 1. The molecule has 0 saturated carbocycles. The van der Waals surface area contributed by atoms with Crippen molar-refractivity contribution in [3.63, 3.8) is 0 Å². The molecular formula is C13H20N2O4S. The van der Waals surface area contributed by atoms with Crippen molar-refractivity contribution in [1.29, 1.82) is 0 Å². The van der Waals surface area contributed by atoms with Crippen LogP contribution in [0.4, 0.5) is 0 Å². The molecule has 112 valence electrons. The third kappa shape index (κ3) is 2.39. The van der Waals surface area contributed by atoms with Crippen molar-refractivity contribution in [1.82, 2.24) is 9.21 Å². The molecule has 3 rings (SSSR count). The van der Waals surface area contributed by atoms with Crippen molar-refractivity contribution in [3.8, 4) is 0 Å². The molecule has 0 aromatic carbocycles. The maximum atomic E-state index is 12.7. The minimum absolute atomic E-state index is 0.00344. The highest BCUT2D eigenvalue weighted by Crippen LogP contribution is 2.28. The molecule has 0 spiro atoms. The lowest BCUT2D eigenvalue weighted by atomic mass is 10.0. The van der Waals surface area contributed by atoms with Crippen LogP contribution in [0, 0.1) is 0 Å². The molecule has 2 aliphatic rings. The van der Waals surface area contributed by atoms with E-state index in [-0.39, 0.29) is 17.2 Å². The predicted molar refractivity (Wildman–Crippen MR) is 72.9 cm³/mol. The first-order chi connectivity index (χ1) is 9.63. The van der Waals surface area contributed by atoms with Crippen LogP contribution in [0.2, 0.25) is 0 Å². The Morgan fingerprint density at radius 1 is 1.40 bits per heavy atom. The zero-order chi connectivity index (χ0) is 14.2. The van der Waals surface area contributed by atoms with E-state index in [1.807, 2.05) is 0 Å². The second-order valence-electron chi connectivity index (χ2n) is 5.21. The molecule has 0 N–H and O–H groups in total. The van der Waals surface area contributed by atoms with Crippen LogP contribution in [0.25, 0.3) is 0 Å². The second-order valence-corrected chi connectivity index (χ2v) is 7.03. The number of ether oxygens (including phenoxy) is 1. The van der Waals surface area contributed by atoms with Gasteiger partial charge in [-0.05, 0) is 25.1 Å². The van der Waals surface area contributed by atoms with Crippen LogP contribution < -0.4 is 0 Å². The van der Waals surface area contributed by atoms with Gasteiger partial charge in [-0.25, -0.2) is 8.42 Å². The van der Waals surface area contributed by atoms with E-state index in [2.05, 4.69) is 11.8 Å². The summed E-state index contributed by atoms with van der Waals surface area (Å²) in [6.45, 7) is 5.55. The number of likely N-dealkylation sites (tertiary alicyclic amines) is 1. The van der Waals surface area contributed by atoms with Gasteiger partial charge in [0.15, 0.2) is 0 Å². The summed E-state index contributed by atoms with van der Waals surface area (Å²) < 4.78 is 37.7. The largest absolute Gasteiger partial charge is 0.452 e. The first-order valence-electron chi connectivity index (χ1n) is 7.02. The van der Waals surface area contributed by atoms with Gasteiger partial charge < -0.3 is 14.1 Å². The number of rotatable bonds is 3. The molecule has 7 heteroatoms. The molecule has 2 fully saturated rings. The molecular weight excluding hydrogens is 280 g/mol. The first kappa shape index (κ1) is 14.1. The maximum Gasteiger partial charge on any atom is 0.276 e. The average Bonchev–Trinajstić information content (AvgIpc) is 3.01. The number of hydrogen-bond donors (Lipinski definition) is 0. The lowest BCUT2D eigenvalue weighted by molar-refractivity contribution is -0.0752. The lowest BCUT2D eigenvalue weighted by Crippen LogP contribution is -2.61. The monoisotopic (exact) mass is 300 g/mol. The molecule has 0 aliphatic carbocycles. The first-order valence-corrected chi connectivity index (χ1v) is 8.46. The quantitative estimate of drug-likeness (QED) is 0.825. The Bertz CT molecular complexity index is 543. The van der Waals surface area contributed by atoms with E-state index in [0.29, 0.717) is 13.2 Å². The van der Waals surface area contributed by atoms with Crippen molar-refractivity contribution >= 4 is 10.0 Å². The SMILES string of the molecule is CCN1CC[C@H]2OCCN(S(=O)(=O)c3ccco3)[C@H]2C1. The van der Waals surface area contributed by atoms with Crippen molar-refractivity contribution in [2.75, 3.05) is 32.8 Å². The van der Waals surface area contributed by atoms with Gasteiger partial charge in [0.2, 0.25) is 5.09 Å². The maximum absolute atomic E-state index is 12.7. The zero-order valence-corrected chi connectivity index (χ0v) is 12.4. The molecule has 2 atom stereocenters. The van der Waals surface area contributed by atoms with Crippen LogP contribution in [0.3, 0.4) is 0 Å². The van der Waals surface area contributed by atoms with E-state index in [1.165, 1.54) is 12.3 Å². The number of likely N-dealkylation sites (N-methyl/N-ethyl adjacent to an activating group) is 1. The molecule has 3 heterocycles. The van der Waals surface area contributed by atoms with Gasteiger partial charge in [-0.3, -0.25) is 0 Å². The van der Waals surface area contributed by atoms with Crippen molar-refractivity contribution in [3.05, 3.63) is 18.4 Å². The summed E-state index contributed by atoms with van der Waals surface area (Å²) in [5, 5.41) is 0.0202. The highest BCUT2D eigenvalue weighted by atomic mass is 32.2. The smallest absolute Gasteiger partial charge is 0.276 e. The third-order valence-corrected chi connectivity index (χ3v) is 5.93. The normalized spacial score (nSPS) is 29.2. The number of piperidine rings is 1. The van der Waals surface area contributed by atoms with E-state index in [9.17, 15) is 8.42 Å². The van der Waals surface area contributed by atoms with Gasteiger partial charge >= 0.3 is 0 Å². The topological polar surface area (TPSA) is 63.0 Å². The predicted octanol–water partition coefficient (Wildman–Crippen LogP) is 0.763. The summed E-state index contributed by atoms with van der Waals surface area (Å²) >= 11 is 0. The number of morpholine rings is 1. The summed E-state index contributed by atoms with van der Waals surface area (Å²) in [6, 6.07) is 2.98. The Hall–Kier alpha value is -0.890. The molecule has 6 nitrogen and oxygen atoms in total. The van der Waals surface area contributed by atoms with Crippen LogP contribution in [0.1, 0.15) is 13.3 Å². The minimum atomic E-state index is -3.56. The van der Waals surface area contributed by atoms with Crippen LogP contribution in [0.5, 0.6) is 0 Å². The van der Waals surface area contributed by atoms with Crippen molar-refractivity contribution < 1.29 is 17.6 Å². The van der Waals surface area contributed by atoms with Crippen molar-refractivity contribution in [2.45, 2.75) is 30.6 Å². The van der Waals surface area contributed by atoms with Gasteiger partial charge in [0.05, 0.1) is 25.0 Å². The number of fused-ring (bicyclic) bond motifs is 1. The van der Waals surface area contributed by atoms with E-state index < -0.39 is 10.0 Å². The summed E-state index contributed by atoms with van der Waals surface area (Å²) in [6.07, 6.45) is 2.27. The Morgan fingerprint density at radius 3 is 2.95 bits per heavy atom. The van der Waals surface area contributed by atoms with Gasteiger partial charge in [-0.1, -0.05) is 6.92 Å². The molecule has 0 unspecified atom stereocenters. The zero-order valence-electron chi connectivity index (χ0n) is 11.6. The molecule has 2 saturated heterocycles. The Morgan fingerprint density at radius 2 is 2.25 bits per heavy atom. The lowest BCUT2D eigenvalue weighted by Gasteiger charge is -2.45. The summed E-state index contributed by atoms with van der Waals surface area (Å²) in [5.41, 5.74) is 0. The van der Waals surface area contributed by atoms with Gasteiger partial charge in [-0.2, -0.15) is 4.31 Å². The molecule has 2 aliphatic heterocycles. The van der Waals surface area contributed by atoms with E-state index in [4.69, 9.17) is 9.15 Å². The van der Waals surface area contributed by atoms with Crippen LogP contribution in [0.15, 0.2) is 27.9 Å². The average molecular weight is 300 g/mol. The standard InChI is InChI=1S/C13H20N2O4S/c1-2-14-6-5-12-11(10-14)15(7-9-18-12)20(16,17)13-4-3-8-19-13/h3-4,8,11-12H,2,5-7,9-10H2,1H3/t11-,12+/m0/s1. The number of nitrogens with zero attached hydrogens (tertiary/aromatic N) is 2. The van der Waals surface area contributed by atoms with E-state index in [0.717, 1.165) is 26.1 Å². The third-order valence-electron chi connectivity index (χ3n) is 4.12. The fourth-order valence-electron chi connectivity index (χ4n) is 3.02. The molecule has 1 aromatic rings. The van der Waals surface area contributed by atoms with E-state index in [1.54, 1.807) is 10.4 Å². The van der Waals surface area contributed by atoms with Gasteiger partial charge in [0, 0.05) is 19.6 Å². The molecule has 1 aromatic heterocycles. The molecule has 20 heavy (non-hydrogen) atoms. The Labute approximate surface area is 119 Å². The Kier molecular flexibility index (Phi) is 3.85. The van der Waals surface area contributed by atoms with Gasteiger partial charge in [0.25, 0.3) is 10.0 Å². The highest BCUT2D eigenvalue weighted by Gasteiger charge is 2.43. The molecule has 0 amide bonds. The summed E-state index contributed by atoms with van der Waals surface area (Å²) in [7, 11) is -3.56. The minimum Gasteiger partial charge on any atom is -0.452 e. The number of hydrogen-bond acceptors (Lipinski definition) is 5. The van der Waals surface area contributed by atoms with Crippen LogP contribution in [-0.4, -0.2) is 62.6 Å². The number of furan rings is 1. The summed E-state index contributed by atoms with van der Waals surface area (Å²) in [5.74, 6) is 0. The molecule has 0 radical (unpaired) electrons. The van der Waals surface area contributed by atoms with E-state index >= 15 is 0 Å². The fraction of sp³-hybridized carbons (Fsp3) is 0.692. The van der Waals surface area contributed by atoms with Crippen LogP contribution >= 0.6 is 0 Å². The second kappa shape index (κ2) is 5.48.